The summed E-state index contributed by atoms with van der Waals surface area (Å²) in [5, 5.41) is 11.5. The van der Waals surface area contributed by atoms with Gasteiger partial charge in [0.05, 0.1) is 36.0 Å². The molecule has 0 aliphatic rings. The number of nitriles is 1. The summed E-state index contributed by atoms with van der Waals surface area (Å²) in [6.45, 7) is 0. The SMILES string of the molecule is COC(=O)/C=C(/Nc1c(C#N)ccc(F)c1Br)C(=O)OC. The molecule has 0 saturated carbocycles. The summed E-state index contributed by atoms with van der Waals surface area (Å²) in [4.78, 5) is 22.9. The Morgan fingerprint density at radius 1 is 1.38 bits per heavy atom. The van der Waals surface area contributed by atoms with Crippen molar-refractivity contribution in [2.75, 3.05) is 19.5 Å². The second-order valence-corrected chi connectivity index (χ2v) is 4.39. The minimum Gasteiger partial charge on any atom is -0.466 e. The van der Waals surface area contributed by atoms with Crippen molar-refractivity contribution in [2.24, 2.45) is 0 Å². The van der Waals surface area contributed by atoms with Gasteiger partial charge in [-0.25, -0.2) is 14.0 Å². The van der Waals surface area contributed by atoms with Crippen molar-refractivity contribution in [3.63, 3.8) is 0 Å². The van der Waals surface area contributed by atoms with E-state index in [1.165, 1.54) is 6.07 Å². The number of anilines is 1. The predicted octanol–water partition coefficient (Wildman–Crippen LogP) is 2.10. The maximum Gasteiger partial charge on any atom is 0.354 e. The lowest BCUT2D eigenvalue weighted by Crippen LogP contribution is -2.16. The Kier molecular flexibility index (Phi) is 5.87. The fraction of sp³-hybridized carbons (Fsp3) is 0.154. The number of ether oxygens (including phenoxy) is 2. The lowest BCUT2D eigenvalue weighted by atomic mass is 10.2. The second kappa shape index (κ2) is 7.40. The molecule has 0 aliphatic heterocycles. The number of rotatable bonds is 4. The molecule has 1 aromatic carbocycles. The molecule has 0 saturated heterocycles. The zero-order chi connectivity index (χ0) is 16.0. The van der Waals surface area contributed by atoms with Crippen LogP contribution in [-0.4, -0.2) is 26.2 Å². The molecule has 6 nitrogen and oxygen atoms in total. The Morgan fingerprint density at radius 2 is 2.05 bits per heavy atom. The van der Waals surface area contributed by atoms with E-state index in [0.29, 0.717) is 0 Å². The van der Waals surface area contributed by atoms with Crippen LogP contribution in [0.15, 0.2) is 28.4 Å². The topological polar surface area (TPSA) is 88.4 Å². The maximum absolute atomic E-state index is 13.5. The molecule has 8 heteroatoms. The van der Waals surface area contributed by atoms with E-state index in [1.807, 2.05) is 6.07 Å². The first-order valence-electron chi connectivity index (χ1n) is 5.47. The van der Waals surface area contributed by atoms with Gasteiger partial charge in [-0.05, 0) is 28.1 Å². The van der Waals surface area contributed by atoms with Crippen molar-refractivity contribution in [1.29, 1.82) is 5.26 Å². The fourth-order valence-corrected chi connectivity index (χ4v) is 1.78. The van der Waals surface area contributed by atoms with Gasteiger partial charge < -0.3 is 14.8 Å². The van der Waals surface area contributed by atoms with Gasteiger partial charge in [0.1, 0.15) is 17.6 Å². The van der Waals surface area contributed by atoms with Crippen molar-refractivity contribution >= 4 is 33.6 Å². The molecule has 0 atom stereocenters. The smallest absolute Gasteiger partial charge is 0.354 e. The maximum atomic E-state index is 13.5. The molecular weight excluding hydrogens is 347 g/mol. The molecule has 110 valence electrons. The minimum absolute atomic E-state index is 0.00180. The number of carbonyl (C=O) groups is 2. The van der Waals surface area contributed by atoms with Crippen molar-refractivity contribution < 1.29 is 23.5 Å². The van der Waals surface area contributed by atoms with Gasteiger partial charge in [0.2, 0.25) is 0 Å². The molecule has 0 amide bonds. The van der Waals surface area contributed by atoms with E-state index in [2.05, 4.69) is 30.7 Å². The van der Waals surface area contributed by atoms with Gasteiger partial charge in [0.25, 0.3) is 0 Å². The number of carbonyl (C=O) groups excluding carboxylic acids is 2. The average Bonchev–Trinajstić information content (AvgIpc) is 2.50. The average molecular weight is 357 g/mol. The van der Waals surface area contributed by atoms with Crippen LogP contribution in [0.3, 0.4) is 0 Å². The highest BCUT2D eigenvalue weighted by Gasteiger charge is 2.18. The van der Waals surface area contributed by atoms with Gasteiger partial charge in [0, 0.05) is 0 Å². The molecule has 0 bridgehead atoms. The number of benzene rings is 1. The van der Waals surface area contributed by atoms with Crippen LogP contribution in [0.1, 0.15) is 5.56 Å². The number of methoxy groups -OCH3 is 2. The summed E-state index contributed by atoms with van der Waals surface area (Å²) >= 11 is 2.97. The number of nitrogens with zero attached hydrogens (tertiary/aromatic N) is 1. The van der Waals surface area contributed by atoms with Crippen LogP contribution >= 0.6 is 15.9 Å². The third-order valence-corrected chi connectivity index (χ3v) is 3.12. The van der Waals surface area contributed by atoms with Crippen LogP contribution in [0.4, 0.5) is 10.1 Å². The molecule has 0 heterocycles. The molecule has 1 N–H and O–H groups in total. The van der Waals surface area contributed by atoms with E-state index in [0.717, 1.165) is 26.4 Å². The molecule has 1 rings (SSSR count). The minimum atomic E-state index is -0.875. The van der Waals surface area contributed by atoms with Crippen LogP contribution in [0.2, 0.25) is 0 Å². The Labute approximate surface area is 128 Å². The summed E-state index contributed by atoms with van der Waals surface area (Å²) in [5.74, 6) is -2.33. The third kappa shape index (κ3) is 4.03. The van der Waals surface area contributed by atoms with Gasteiger partial charge in [-0.3, -0.25) is 0 Å². The zero-order valence-corrected chi connectivity index (χ0v) is 12.7. The van der Waals surface area contributed by atoms with Crippen LogP contribution in [0, 0.1) is 17.1 Å². The number of esters is 2. The molecule has 0 aromatic heterocycles. The highest BCUT2D eigenvalue weighted by molar-refractivity contribution is 9.10. The first-order chi connectivity index (χ1) is 9.94. The van der Waals surface area contributed by atoms with E-state index in [-0.39, 0.29) is 21.4 Å². The number of halogens is 2. The lowest BCUT2D eigenvalue weighted by Gasteiger charge is -2.12. The fourth-order valence-electron chi connectivity index (χ4n) is 1.33. The van der Waals surface area contributed by atoms with Gasteiger partial charge in [-0.1, -0.05) is 0 Å². The highest BCUT2D eigenvalue weighted by Crippen LogP contribution is 2.30. The number of nitrogens with one attached hydrogen (secondary N) is 1. The van der Waals surface area contributed by atoms with Gasteiger partial charge in [0.15, 0.2) is 0 Å². The molecule has 0 radical (unpaired) electrons. The van der Waals surface area contributed by atoms with E-state index < -0.39 is 17.8 Å². The number of hydrogen-bond acceptors (Lipinski definition) is 6. The Bertz CT molecular complexity index is 652. The molecule has 0 unspecified atom stereocenters. The Balaban J connectivity index is 3.31. The van der Waals surface area contributed by atoms with Crippen LogP contribution < -0.4 is 5.32 Å². The van der Waals surface area contributed by atoms with Crippen LogP contribution in [0.5, 0.6) is 0 Å². The standard InChI is InChI=1S/C13H10BrFN2O4/c1-20-10(18)5-9(13(19)21-2)17-12-7(6-16)3-4-8(15)11(12)14/h3-5,17H,1-2H3/b9-5+. The van der Waals surface area contributed by atoms with Crippen molar-refractivity contribution in [3.05, 3.63) is 39.8 Å². The van der Waals surface area contributed by atoms with Crippen LogP contribution in [-0.2, 0) is 19.1 Å². The largest absolute Gasteiger partial charge is 0.466 e. The number of hydrogen-bond donors (Lipinski definition) is 1. The van der Waals surface area contributed by atoms with E-state index in [9.17, 15) is 14.0 Å². The van der Waals surface area contributed by atoms with Crippen molar-refractivity contribution in [2.45, 2.75) is 0 Å². The Morgan fingerprint density at radius 3 is 2.57 bits per heavy atom. The second-order valence-electron chi connectivity index (χ2n) is 3.59. The van der Waals surface area contributed by atoms with E-state index >= 15 is 0 Å². The first-order valence-corrected chi connectivity index (χ1v) is 6.27. The predicted molar refractivity (Wildman–Crippen MR) is 74.6 cm³/mol. The Hall–Kier alpha value is -2.40. The molecule has 21 heavy (non-hydrogen) atoms. The molecule has 0 aliphatic carbocycles. The van der Waals surface area contributed by atoms with Crippen LogP contribution in [0.25, 0.3) is 0 Å². The summed E-state index contributed by atoms with van der Waals surface area (Å²) in [6, 6.07) is 4.16. The zero-order valence-electron chi connectivity index (χ0n) is 11.1. The summed E-state index contributed by atoms with van der Waals surface area (Å²) in [5.41, 5.74) is -0.229. The molecule has 0 spiro atoms. The monoisotopic (exact) mass is 356 g/mol. The molecule has 1 aromatic rings. The summed E-state index contributed by atoms with van der Waals surface area (Å²) < 4.78 is 22.4. The molecular formula is C13H10BrFN2O4. The summed E-state index contributed by atoms with van der Waals surface area (Å²) in [7, 11) is 2.24. The lowest BCUT2D eigenvalue weighted by molar-refractivity contribution is -0.138. The van der Waals surface area contributed by atoms with Gasteiger partial charge >= 0.3 is 11.9 Å². The van der Waals surface area contributed by atoms with E-state index in [1.54, 1.807) is 0 Å². The van der Waals surface area contributed by atoms with E-state index in [4.69, 9.17) is 5.26 Å². The summed E-state index contributed by atoms with van der Waals surface area (Å²) in [6.07, 6.45) is 0.838. The van der Waals surface area contributed by atoms with Crippen molar-refractivity contribution in [1.82, 2.24) is 0 Å². The van der Waals surface area contributed by atoms with Crippen molar-refractivity contribution in [3.8, 4) is 6.07 Å². The molecule has 0 fully saturated rings. The highest BCUT2D eigenvalue weighted by atomic mass is 79.9. The van der Waals surface area contributed by atoms with Gasteiger partial charge in [-0.2, -0.15) is 5.26 Å². The van der Waals surface area contributed by atoms with Gasteiger partial charge in [-0.15, -0.1) is 0 Å². The third-order valence-electron chi connectivity index (χ3n) is 2.34. The first kappa shape index (κ1) is 16.7. The quantitative estimate of drug-likeness (QED) is 0.656. The normalized spacial score (nSPS) is 10.5.